The van der Waals surface area contributed by atoms with Gasteiger partial charge in [-0.2, -0.15) is 10.4 Å². The fourth-order valence-electron chi connectivity index (χ4n) is 2.51. The summed E-state index contributed by atoms with van der Waals surface area (Å²) in [5.41, 5.74) is 0.548. The van der Waals surface area contributed by atoms with Crippen molar-refractivity contribution in [2.75, 3.05) is 25.1 Å². The fourth-order valence-corrected chi connectivity index (χ4v) is 2.51. The van der Waals surface area contributed by atoms with Gasteiger partial charge < -0.3 is 14.8 Å². The second-order valence-electron chi connectivity index (χ2n) is 5.60. The summed E-state index contributed by atoms with van der Waals surface area (Å²) in [6, 6.07) is 10.4. The van der Waals surface area contributed by atoms with E-state index in [1.165, 1.54) is 0 Å². The lowest BCUT2D eigenvalue weighted by Crippen LogP contribution is -2.23. The highest BCUT2D eigenvalue weighted by Crippen LogP contribution is 2.17. The summed E-state index contributed by atoms with van der Waals surface area (Å²) >= 11 is 0. The van der Waals surface area contributed by atoms with Gasteiger partial charge in [0.1, 0.15) is 11.6 Å². The number of nitrogens with one attached hydrogen (secondary N) is 1. The fraction of sp³-hybridized carbons (Fsp3) is 0.353. The summed E-state index contributed by atoms with van der Waals surface area (Å²) < 4.78 is 12.6. The van der Waals surface area contributed by atoms with Gasteiger partial charge in [0.25, 0.3) is 5.91 Å². The van der Waals surface area contributed by atoms with E-state index in [4.69, 9.17) is 14.7 Å². The SMILES string of the molecule is N#Cc1ccc(OCC(=O)Nc2ccnn2C[C@H]2CCOC2)cc1. The summed E-state index contributed by atoms with van der Waals surface area (Å²) in [5, 5.41) is 15.8. The molecule has 7 nitrogen and oxygen atoms in total. The average Bonchev–Trinajstić information content (AvgIpc) is 3.26. The molecule has 2 heterocycles. The third-order valence-electron chi connectivity index (χ3n) is 3.79. The van der Waals surface area contributed by atoms with Crippen molar-refractivity contribution < 1.29 is 14.3 Å². The molecule has 0 bridgehead atoms. The predicted octanol–water partition coefficient (Wildman–Crippen LogP) is 1.81. The molecule has 1 atom stereocenters. The number of nitriles is 1. The number of carbonyl (C=O) groups excluding carboxylic acids is 1. The molecule has 0 unspecified atom stereocenters. The van der Waals surface area contributed by atoms with Crippen LogP contribution < -0.4 is 10.1 Å². The maximum atomic E-state index is 12.0. The van der Waals surface area contributed by atoms with Crippen molar-refractivity contribution in [2.45, 2.75) is 13.0 Å². The van der Waals surface area contributed by atoms with Gasteiger partial charge in [-0.3, -0.25) is 4.79 Å². The van der Waals surface area contributed by atoms with Crippen LogP contribution in [-0.2, 0) is 16.1 Å². The molecule has 0 saturated carbocycles. The Morgan fingerprint density at radius 2 is 2.25 bits per heavy atom. The van der Waals surface area contributed by atoms with E-state index in [9.17, 15) is 4.79 Å². The Bertz CT molecular complexity index is 727. The van der Waals surface area contributed by atoms with Gasteiger partial charge in [0.15, 0.2) is 6.61 Å². The van der Waals surface area contributed by atoms with Crippen molar-refractivity contribution in [1.29, 1.82) is 5.26 Å². The average molecular weight is 326 g/mol. The Hall–Kier alpha value is -2.85. The zero-order valence-electron chi connectivity index (χ0n) is 13.1. The van der Waals surface area contributed by atoms with Crippen LogP contribution in [0.1, 0.15) is 12.0 Å². The zero-order valence-corrected chi connectivity index (χ0v) is 13.1. The van der Waals surface area contributed by atoms with Crippen LogP contribution >= 0.6 is 0 Å². The monoisotopic (exact) mass is 326 g/mol. The van der Waals surface area contributed by atoms with E-state index >= 15 is 0 Å². The number of amides is 1. The molecule has 0 radical (unpaired) electrons. The molecule has 1 aromatic carbocycles. The van der Waals surface area contributed by atoms with E-state index in [2.05, 4.69) is 10.4 Å². The molecule has 1 fully saturated rings. The number of benzene rings is 1. The molecule has 3 rings (SSSR count). The van der Waals surface area contributed by atoms with Crippen LogP contribution in [0.15, 0.2) is 36.5 Å². The number of nitrogens with zero attached hydrogens (tertiary/aromatic N) is 3. The minimum absolute atomic E-state index is 0.108. The molecule has 1 N–H and O–H groups in total. The highest BCUT2D eigenvalue weighted by molar-refractivity contribution is 5.91. The molecule has 2 aromatic rings. The van der Waals surface area contributed by atoms with Gasteiger partial charge in [0.2, 0.25) is 0 Å². The van der Waals surface area contributed by atoms with Crippen LogP contribution in [0, 0.1) is 17.2 Å². The van der Waals surface area contributed by atoms with Crippen molar-refractivity contribution in [3.05, 3.63) is 42.1 Å². The first-order valence-corrected chi connectivity index (χ1v) is 7.77. The van der Waals surface area contributed by atoms with Crippen molar-refractivity contribution in [3.8, 4) is 11.8 Å². The number of ether oxygens (including phenoxy) is 2. The smallest absolute Gasteiger partial charge is 0.263 e. The Labute approximate surface area is 139 Å². The molecule has 0 aliphatic carbocycles. The maximum Gasteiger partial charge on any atom is 0.263 e. The van der Waals surface area contributed by atoms with Crippen molar-refractivity contribution in [2.24, 2.45) is 5.92 Å². The van der Waals surface area contributed by atoms with E-state index in [1.54, 1.807) is 41.2 Å². The minimum atomic E-state index is -0.260. The topological polar surface area (TPSA) is 89.2 Å². The minimum Gasteiger partial charge on any atom is -0.484 e. The molecule has 0 spiro atoms. The van der Waals surface area contributed by atoms with Gasteiger partial charge in [0.05, 0.1) is 24.4 Å². The quantitative estimate of drug-likeness (QED) is 0.874. The summed E-state index contributed by atoms with van der Waals surface area (Å²) in [6.45, 7) is 2.13. The molecule has 1 saturated heterocycles. The Morgan fingerprint density at radius 3 is 2.96 bits per heavy atom. The van der Waals surface area contributed by atoms with Crippen molar-refractivity contribution in [1.82, 2.24) is 9.78 Å². The Balaban J connectivity index is 1.51. The largest absolute Gasteiger partial charge is 0.484 e. The molecule has 24 heavy (non-hydrogen) atoms. The van der Waals surface area contributed by atoms with E-state index in [0.29, 0.717) is 23.0 Å². The first-order valence-electron chi connectivity index (χ1n) is 7.77. The number of hydrogen-bond acceptors (Lipinski definition) is 5. The van der Waals surface area contributed by atoms with Crippen LogP contribution in [0.2, 0.25) is 0 Å². The standard InChI is InChI=1S/C17H18N4O3/c18-9-13-1-3-15(4-2-13)24-12-17(22)20-16-5-7-19-21(16)10-14-6-8-23-11-14/h1-5,7,14H,6,8,10-12H2,(H,20,22)/t14-/m1/s1. The lowest BCUT2D eigenvalue weighted by Gasteiger charge is -2.12. The van der Waals surface area contributed by atoms with E-state index in [1.807, 2.05) is 6.07 Å². The van der Waals surface area contributed by atoms with Gasteiger partial charge in [0, 0.05) is 25.1 Å². The normalized spacial score (nSPS) is 16.5. The predicted molar refractivity (Wildman–Crippen MR) is 86.4 cm³/mol. The van der Waals surface area contributed by atoms with Crippen molar-refractivity contribution in [3.63, 3.8) is 0 Å². The zero-order chi connectivity index (χ0) is 16.8. The van der Waals surface area contributed by atoms with E-state index in [-0.39, 0.29) is 12.5 Å². The van der Waals surface area contributed by atoms with Gasteiger partial charge in [-0.05, 0) is 30.7 Å². The van der Waals surface area contributed by atoms with Crippen LogP contribution in [0.25, 0.3) is 0 Å². The highest BCUT2D eigenvalue weighted by Gasteiger charge is 2.18. The molecular formula is C17H18N4O3. The first-order chi connectivity index (χ1) is 11.7. The lowest BCUT2D eigenvalue weighted by atomic mass is 10.1. The lowest BCUT2D eigenvalue weighted by molar-refractivity contribution is -0.118. The second-order valence-corrected chi connectivity index (χ2v) is 5.60. The van der Waals surface area contributed by atoms with Gasteiger partial charge in [-0.1, -0.05) is 0 Å². The van der Waals surface area contributed by atoms with E-state index < -0.39 is 0 Å². The molecule has 124 valence electrons. The summed E-state index contributed by atoms with van der Waals surface area (Å²) in [7, 11) is 0. The third-order valence-corrected chi connectivity index (χ3v) is 3.79. The number of hydrogen-bond donors (Lipinski definition) is 1. The Morgan fingerprint density at radius 1 is 1.42 bits per heavy atom. The Kier molecular flexibility index (Phi) is 5.08. The van der Waals surface area contributed by atoms with Crippen LogP contribution in [0.3, 0.4) is 0 Å². The number of rotatable bonds is 6. The number of anilines is 1. The second kappa shape index (κ2) is 7.62. The third kappa shape index (κ3) is 4.12. The van der Waals surface area contributed by atoms with Gasteiger partial charge in [-0.15, -0.1) is 0 Å². The highest BCUT2D eigenvalue weighted by atomic mass is 16.5. The van der Waals surface area contributed by atoms with E-state index in [0.717, 1.165) is 26.2 Å². The molecule has 7 heteroatoms. The van der Waals surface area contributed by atoms with Crippen LogP contribution in [0.5, 0.6) is 5.75 Å². The molecular weight excluding hydrogens is 308 g/mol. The van der Waals surface area contributed by atoms with Crippen LogP contribution in [-0.4, -0.2) is 35.5 Å². The molecule has 1 aromatic heterocycles. The molecule has 1 aliphatic rings. The summed E-state index contributed by atoms with van der Waals surface area (Å²) in [6.07, 6.45) is 2.67. The van der Waals surface area contributed by atoms with Crippen LogP contribution in [0.4, 0.5) is 5.82 Å². The molecule has 1 amide bonds. The number of aromatic nitrogens is 2. The summed E-state index contributed by atoms with van der Waals surface area (Å²) in [4.78, 5) is 12.0. The van der Waals surface area contributed by atoms with Gasteiger partial charge in [-0.25, -0.2) is 4.68 Å². The number of carbonyl (C=O) groups is 1. The molecule has 1 aliphatic heterocycles. The van der Waals surface area contributed by atoms with Gasteiger partial charge >= 0.3 is 0 Å². The summed E-state index contributed by atoms with van der Waals surface area (Å²) in [5.74, 6) is 1.36. The van der Waals surface area contributed by atoms with Crippen molar-refractivity contribution >= 4 is 11.7 Å². The maximum absolute atomic E-state index is 12.0. The first kappa shape index (κ1) is 16.0.